The Morgan fingerprint density at radius 2 is 1.71 bits per heavy atom. The lowest BCUT2D eigenvalue weighted by Gasteiger charge is -2.26. The first-order valence-corrected chi connectivity index (χ1v) is 16.0. The van der Waals surface area contributed by atoms with Crippen LogP contribution in [0.2, 0.25) is 0 Å². The van der Waals surface area contributed by atoms with Gasteiger partial charge in [0.1, 0.15) is 0 Å². The Labute approximate surface area is 280 Å². The standard InChI is InChI=1S/C37H33N3O7S/c1-6-47-36(44)31-32(23-11-8-7-9-12-23)38-37-40(33(31)24-15-16-28(45-4)29(19-24)46-5)34(41)30(48-37)20-26-17-21(2)39(22(26)3)27-14-10-13-25(18-27)35(42)43/h7-20,33H,6H2,1-5H3,(H,42,43)/b30-20-/t33-/m0/s1. The van der Waals surface area contributed by atoms with Crippen molar-refractivity contribution in [3.05, 3.63) is 138 Å². The summed E-state index contributed by atoms with van der Waals surface area (Å²) in [5.74, 6) is -0.649. The number of nitrogens with zero attached hydrogens (tertiary/aromatic N) is 3. The number of carboxylic acid groups (broad SMARTS) is 1. The minimum atomic E-state index is -1.01. The second kappa shape index (κ2) is 13.2. The molecule has 10 nitrogen and oxygen atoms in total. The predicted octanol–water partition coefficient (Wildman–Crippen LogP) is 5.06. The van der Waals surface area contributed by atoms with E-state index in [0.29, 0.717) is 43.3 Å². The molecule has 3 aromatic carbocycles. The van der Waals surface area contributed by atoms with Gasteiger partial charge in [-0.25, -0.2) is 14.6 Å². The van der Waals surface area contributed by atoms with Gasteiger partial charge in [-0.2, -0.15) is 0 Å². The van der Waals surface area contributed by atoms with Gasteiger partial charge in [0, 0.05) is 22.6 Å². The molecule has 3 heterocycles. The monoisotopic (exact) mass is 663 g/mol. The average Bonchev–Trinajstić information content (AvgIpc) is 3.56. The highest BCUT2D eigenvalue weighted by Crippen LogP contribution is 2.38. The van der Waals surface area contributed by atoms with Gasteiger partial charge >= 0.3 is 11.9 Å². The van der Waals surface area contributed by atoms with Crippen molar-refractivity contribution in [2.45, 2.75) is 26.8 Å². The zero-order valence-corrected chi connectivity index (χ0v) is 27.8. The largest absolute Gasteiger partial charge is 0.493 e. The van der Waals surface area contributed by atoms with Gasteiger partial charge in [0.15, 0.2) is 16.3 Å². The molecule has 0 fully saturated rings. The first kappa shape index (κ1) is 32.3. The van der Waals surface area contributed by atoms with Crippen LogP contribution in [-0.2, 0) is 9.53 Å². The highest BCUT2D eigenvalue weighted by atomic mass is 32.1. The van der Waals surface area contributed by atoms with Gasteiger partial charge in [-0.05, 0) is 74.4 Å². The molecule has 0 amide bonds. The third-order valence-electron chi connectivity index (χ3n) is 8.21. The maximum absolute atomic E-state index is 14.4. The Balaban J connectivity index is 1.60. The number of carbonyl (C=O) groups excluding carboxylic acids is 1. The van der Waals surface area contributed by atoms with Crippen molar-refractivity contribution in [1.29, 1.82) is 0 Å². The number of rotatable bonds is 9. The molecule has 6 rings (SSSR count). The quantitative estimate of drug-likeness (QED) is 0.219. The molecule has 0 bridgehead atoms. The van der Waals surface area contributed by atoms with E-state index in [2.05, 4.69) is 0 Å². The van der Waals surface area contributed by atoms with Crippen LogP contribution in [0.3, 0.4) is 0 Å². The number of benzene rings is 3. The number of aromatic nitrogens is 2. The number of fused-ring (bicyclic) bond motifs is 1. The maximum atomic E-state index is 14.4. The lowest BCUT2D eigenvalue weighted by atomic mass is 9.93. The van der Waals surface area contributed by atoms with E-state index in [1.54, 1.807) is 43.3 Å². The normalized spacial score (nSPS) is 14.4. The summed E-state index contributed by atoms with van der Waals surface area (Å²) in [6.45, 7) is 5.71. The van der Waals surface area contributed by atoms with Crippen molar-refractivity contribution in [2.75, 3.05) is 20.8 Å². The Bertz CT molecular complexity index is 2280. The van der Waals surface area contributed by atoms with Crippen LogP contribution in [0.5, 0.6) is 11.5 Å². The number of carbonyl (C=O) groups is 2. The van der Waals surface area contributed by atoms with Crippen LogP contribution in [-0.4, -0.2) is 47.0 Å². The van der Waals surface area contributed by atoms with Gasteiger partial charge in [0.25, 0.3) is 5.56 Å². The topological polar surface area (TPSA) is 121 Å². The van der Waals surface area contributed by atoms with Crippen LogP contribution in [0.15, 0.2) is 94.2 Å². The van der Waals surface area contributed by atoms with Crippen molar-refractivity contribution >= 4 is 35.0 Å². The highest BCUT2D eigenvalue weighted by molar-refractivity contribution is 7.07. The van der Waals surface area contributed by atoms with Gasteiger partial charge in [-0.3, -0.25) is 9.36 Å². The Hall–Kier alpha value is -5.68. The van der Waals surface area contributed by atoms with Crippen molar-refractivity contribution in [3.8, 4) is 17.2 Å². The number of methoxy groups -OCH3 is 2. The second-order valence-electron chi connectivity index (χ2n) is 11.1. The van der Waals surface area contributed by atoms with E-state index in [4.69, 9.17) is 19.2 Å². The van der Waals surface area contributed by atoms with Gasteiger partial charge < -0.3 is 23.9 Å². The predicted molar refractivity (Wildman–Crippen MR) is 183 cm³/mol. The minimum absolute atomic E-state index is 0.137. The molecule has 0 saturated carbocycles. The van der Waals surface area contributed by atoms with Crippen molar-refractivity contribution in [1.82, 2.24) is 9.13 Å². The molecule has 5 aromatic rings. The fourth-order valence-corrected chi connectivity index (χ4v) is 7.02. The smallest absolute Gasteiger partial charge is 0.338 e. The summed E-state index contributed by atoms with van der Waals surface area (Å²) in [5.41, 5.74) is 4.99. The van der Waals surface area contributed by atoms with Crippen LogP contribution in [0, 0.1) is 13.8 Å². The molecular formula is C37H33N3O7S. The fourth-order valence-electron chi connectivity index (χ4n) is 6.03. The van der Waals surface area contributed by atoms with Gasteiger partial charge in [-0.15, -0.1) is 0 Å². The molecule has 0 saturated heterocycles. The van der Waals surface area contributed by atoms with Crippen LogP contribution in [0.4, 0.5) is 0 Å². The van der Waals surface area contributed by atoms with E-state index < -0.39 is 18.0 Å². The van der Waals surface area contributed by atoms with E-state index in [-0.39, 0.29) is 23.3 Å². The Morgan fingerprint density at radius 3 is 2.40 bits per heavy atom. The number of thiazole rings is 1. The summed E-state index contributed by atoms with van der Waals surface area (Å²) in [4.78, 5) is 45.2. The number of aromatic carboxylic acids is 1. The Kier molecular flexibility index (Phi) is 8.88. The average molecular weight is 664 g/mol. The third-order valence-corrected chi connectivity index (χ3v) is 9.19. The molecule has 0 unspecified atom stereocenters. The zero-order chi connectivity index (χ0) is 34.1. The molecule has 0 aliphatic carbocycles. The molecule has 11 heteroatoms. The van der Waals surface area contributed by atoms with Crippen LogP contribution in [0.1, 0.15) is 51.4 Å². The number of hydrogen-bond donors (Lipinski definition) is 1. The molecule has 1 atom stereocenters. The summed E-state index contributed by atoms with van der Waals surface area (Å²) in [7, 11) is 3.07. The summed E-state index contributed by atoms with van der Waals surface area (Å²) >= 11 is 1.22. The van der Waals surface area contributed by atoms with E-state index >= 15 is 0 Å². The molecule has 2 aromatic heterocycles. The minimum Gasteiger partial charge on any atom is -0.493 e. The number of esters is 1. The maximum Gasteiger partial charge on any atom is 0.338 e. The number of hydrogen-bond acceptors (Lipinski definition) is 8. The summed E-state index contributed by atoms with van der Waals surface area (Å²) in [5, 5.41) is 9.53. The van der Waals surface area contributed by atoms with Gasteiger partial charge in [0.2, 0.25) is 0 Å². The lowest BCUT2D eigenvalue weighted by molar-refractivity contribution is -0.138. The van der Waals surface area contributed by atoms with Gasteiger partial charge in [0.05, 0.1) is 48.2 Å². The Morgan fingerprint density at radius 1 is 0.958 bits per heavy atom. The van der Waals surface area contributed by atoms with E-state index in [9.17, 15) is 19.5 Å². The van der Waals surface area contributed by atoms with Crippen LogP contribution < -0.4 is 24.4 Å². The van der Waals surface area contributed by atoms with Gasteiger partial charge in [-0.1, -0.05) is 53.8 Å². The van der Waals surface area contributed by atoms with E-state index in [1.807, 2.05) is 67.0 Å². The second-order valence-corrected chi connectivity index (χ2v) is 12.1. The first-order valence-electron chi connectivity index (χ1n) is 15.2. The molecule has 1 N–H and O–H groups in total. The molecule has 0 spiro atoms. The highest BCUT2D eigenvalue weighted by Gasteiger charge is 2.35. The van der Waals surface area contributed by atoms with Crippen LogP contribution >= 0.6 is 11.3 Å². The zero-order valence-electron chi connectivity index (χ0n) is 27.0. The molecule has 48 heavy (non-hydrogen) atoms. The number of carboxylic acids is 1. The molecule has 0 radical (unpaired) electrons. The summed E-state index contributed by atoms with van der Waals surface area (Å²) in [6.07, 6.45) is 1.81. The molecule has 1 aliphatic rings. The van der Waals surface area contributed by atoms with E-state index in [0.717, 1.165) is 17.0 Å². The molecule has 244 valence electrons. The van der Waals surface area contributed by atoms with Crippen molar-refractivity contribution in [2.24, 2.45) is 4.99 Å². The summed E-state index contributed by atoms with van der Waals surface area (Å²) < 4.78 is 20.5. The SMILES string of the molecule is CCOC(=O)C1=C(c2ccccc2)N=c2s/c(=C\c3cc(C)n(-c4cccc(C(=O)O)c4)c3C)c(=O)n2[C@H]1c1ccc(OC)c(OC)c1. The first-order chi connectivity index (χ1) is 23.2. The lowest BCUT2D eigenvalue weighted by Crippen LogP contribution is -2.40. The number of aryl methyl sites for hydroxylation is 1. The van der Waals surface area contributed by atoms with Crippen LogP contribution in [0.25, 0.3) is 17.5 Å². The molecular weight excluding hydrogens is 630 g/mol. The number of ether oxygens (including phenoxy) is 3. The van der Waals surface area contributed by atoms with E-state index in [1.165, 1.54) is 30.1 Å². The third kappa shape index (κ3) is 5.73. The fraction of sp³-hybridized carbons (Fsp3) is 0.189. The summed E-state index contributed by atoms with van der Waals surface area (Å²) in [6, 6.07) is 22.4. The van der Waals surface area contributed by atoms with Crippen molar-refractivity contribution in [3.63, 3.8) is 0 Å². The molecule has 1 aliphatic heterocycles. The van der Waals surface area contributed by atoms with Crippen molar-refractivity contribution < 1.29 is 28.9 Å².